The lowest BCUT2D eigenvalue weighted by Crippen LogP contribution is -2.05. The largest absolute Gasteiger partial charge is 0.271 e. The third-order valence-corrected chi connectivity index (χ3v) is 4.13. The van der Waals surface area contributed by atoms with Crippen molar-refractivity contribution in [3.05, 3.63) is 65.8 Å². The monoisotopic (exact) mass is 321 g/mol. The summed E-state index contributed by atoms with van der Waals surface area (Å²) in [6.07, 6.45) is 20.9. The third-order valence-electron chi connectivity index (χ3n) is 4.13. The molecule has 5 heteroatoms. The molecule has 2 heterocycles. The van der Waals surface area contributed by atoms with Crippen LogP contribution in [0.15, 0.2) is 54.3 Å². The number of aryl methyl sites for hydroxylation is 1. The number of rotatable bonds is 6. The standard InChI is InChI=1S/C19H23N5/c1-15(18-21-22-19-20-14-16(2)23-24(18)19)10-8-9-13-17-11-6-4-3-5-7-12-17/h3-7,11-12,14-15H,8-10,13H2,1-2H3/b4-3-,5-3?,6-4?,7-5-,11-6?,12-7?,17-11?,17-12?. The van der Waals surface area contributed by atoms with Crippen LogP contribution in [0.5, 0.6) is 0 Å². The summed E-state index contributed by atoms with van der Waals surface area (Å²) in [5.41, 5.74) is 2.25. The second-order valence-corrected chi connectivity index (χ2v) is 6.19. The summed E-state index contributed by atoms with van der Waals surface area (Å²) >= 11 is 0. The molecule has 0 N–H and O–H groups in total. The zero-order chi connectivity index (χ0) is 16.8. The Labute approximate surface area is 142 Å². The summed E-state index contributed by atoms with van der Waals surface area (Å²) in [6, 6.07) is 0. The smallest absolute Gasteiger partial charge is 0.216 e. The van der Waals surface area contributed by atoms with Gasteiger partial charge in [-0.25, -0.2) is 4.98 Å². The van der Waals surface area contributed by atoms with Crippen LogP contribution in [0.4, 0.5) is 0 Å². The van der Waals surface area contributed by atoms with E-state index >= 15 is 0 Å². The fourth-order valence-electron chi connectivity index (χ4n) is 2.78. The summed E-state index contributed by atoms with van der Waals surface area (Å²) < 4.78 is 1.77. The molecule has 1 unspecified atom stereocenters. The average molecular weight is 321 g/mol. The number of nitrogens with zero attached hydrogens (tertiary/aromatic N) is 5. The summed E-state index contributed by atoms with van der Waals surface area (Å²) in [5.74, 6) is 1.80. The van der Waals surface area contributed by atoms with Gasteiger partial charge in [0.15, 0.2) is 5.82 Å². The van der Waals surface area contributed by atoms with Crippen LogP contribution < -0.4 is 0 Å². The summed E-state index contributed by atoms with van der Waals surface area (Å²) in [4.78, 5) is 4.26. The van der Waals surface area contributed by atoms with Crippen molar-refractivity contribution in [2.24, 2.45) is 0 Å². The van der Waals surface area contributed by atoms with Crippen molar-refractivity contribution in [2.75, 3.05) is 0 Å². The van der Waals surface area contributed by atoms with E-state index in [9.17, 15) is 0 Å². The number of hydrogen-bond acceptors (Lipinski definition) is 4. The maximum Gasteiger partial charge on any atom is 0.271 e. The van der Waals surface area contributed by atoms with Crippen LogP contribution in [-0.2, 0) is 0 Å². The van der Waals surface area contributed by atoms with Crippen molar-refractivity contribution in [1.82, 2.24) is 24.8 Å². The zero-order valence-electron chi connectivity index (χ0n) is 14.3. The van der Waals surface area contributed by atoms with Crippen LogP contribution >= 0.6 is 0 Å². The van der Waals surface area contributed by atoms with E-state index in [0.717, 1.165) is 30.8 Å². The van der Waals surface area contributed by atoms with Gasteiger partial charge in [0.2, 0.25) is 0 Å². The first-order valence-electron chi connectivity index (χ1n) is 8.49. The van der Waals surface area contributed by atoms with Crippen LogP contribution in [0, 0.1) is 6.92 Å². The maximum absolute atomic E-state index is 4.47. The Morgan fingerprint density at radius 3 is 2.79 bits per heavy atom. The average Bonchev–Trinajstić information content (AvgIpc) is 2.95. The molecule has 1 atom stereocenters. The van der Waals surface area contributed by atoms with E-state index in [2.05, 4.69) is 63.7 Å². The van der Waals surface area contributed by atoms with Gasteiger partial charge in [-0.05, 0) is 31.8 Å². The molecule has 0 saturated heterocycles. The molecule has 24 heavy (non-hydrogen) atoms. The molecule has 2 aromatic rings. The molecule has 1 aliphatic rings. The molecule has 5 nitrogen and oxygen atoms in total. The van der Waals surface area contributed by atoms with Gasteiger partial charge in [-0.3, -0.25) is 0 Å². The predicted molar refractivity (Wildman–Crippen MR) is 95.7 cm³/mol. The maximum atomic E-state index is 4.47. The van der Waals surface area contributed by atoms with Crippen molar-refractivity contribution in [3.8, 4) is 0 Å². The van der Waals surface area contributed by atoms with Crippen LogP contribution in [0.3, 0.4) is 0 Å². The molecule has 124 valence electrons. The van der Waals surface area contributed by atoms with Gasteiger partial charge in [0.25, 0.3) is 5.78 Å². The van der Waals surface area contributed by atoms with Crippen LogP contribution in [-0.4, -0.2) is 24.8 Å². The minimum atomic E-state index is 0.320. The van der Waals surface area contributed by atoms with Gasteiger partial charge >= 0.3 is 0 Å². The molecule has 0 spiro atoms. The molecule has 0 fully saturated rings. The van der Waals surface area contributed by atoms with E-state index < -0.39 is 0 Å². The molecule has 0 amide bonds. The van der Waals surface area contributed by atoms with E-state index in [1.165, 1.54) is 12.0 Å². The Hall–Kier alpha value is -2.56. The highest BCUT2D eigenvalue weighted by atomic mass is 15.4. The molecule has 3 rings (SSSR count). The minimum absolute atomic E-state index is 0.320. The van der Waals surface area contributed by atoms with Gasteiger partial charge in [-0.15, -0.1) is 10.2 Å². The Balaban J connectivity index is 1.53. The summed E-state index contributed by atoms with van der Waals surface area (Å²) in [5, 5.41) is 12.9. The highest BCUT2D eigenvalue weighted by Crippen LogP contribution is 2.21. The molecular formula is C19H23N5. The first-order valence-corrected chi connectivity index (χ1v) is 8.49. The van der Waals surface area contributed by atoms with Crippen LogP contribution in [0.1, 0.15) is 50.0 Å². The third kappa shape index (κ3) is 4.04. The van der Waals surface area contributed by atoms with Gasteiger partial charge in [-0.1, -0.05) is 55.9 Å². The SMILES string of the molecule is Cc1cnc2nnc(C(C)CCCCC3=C/C=C\C=C/C=C3)n2n1. The number of aromatic nitrogens is 5. The molecule has 1 aliphatic carbocycles. The van der Waals surface area contributed by atoms with E-state index in [1.54, 1.807) is 10.7 Å². The minimum Gasteiger partial charge on any atom is -0.216 e. The van der Waals surface area contributed by atoms with Gasteiger partial charge in [0, 0.05) is 5.92 Å². The second-order valence-electron chi connectivity index (χ2n) is 6.19. The highest BCUT2D eigenvalue weighted by Gasteiger charge is 2.15. The molecule has 0 bridgehead atoms. The van der Waals surface area contributed by atoms with Gasteiger partial charge < -0.3 is 0 Å². The molecule has 0 aliphatic heterocycles. The van der Waals surface area contributed by atoms with Gasteiger partial charge in [0.1, 0.15) is 0 Å². The van der Waals surface area contributed by atoms with Crippen LogP contribution in [0.2, 0.25) is 0 Å². The van der Waals surface area contributed by atoms with Crippen molar-refractivity contribution in [3.63, 3.8) is 0 Å². The summed E-state index contributed by atoms with van der Waals surface area (Å²) in [7, 11) is 0. The molecule has 0 radical (unpaired) electrons. The normalized spacial score (nSPS) is 18.0. The van der Waals surface area contributed by atoms with Crippen LogP contribution in [0.25, 0.3) is 5.78 Å². The lowest BCUT2D eigenvalue weighted by molar-refractivity contribution is 0.566. The Morgan fingerprint density at radius 1 is 1.04 bits per heavy atom. The summed E-state index contributed by atoms with van der Waals surface area (Å²) in [6.45, 7) is 4.11. The van der Waals surface area contributed by atoms with E-state index in [4.69, 9.17) is 0 Å². The fourth-order valence-corrected chi connectivity index (χ4v) is 2.78. The number of hydrogen-bond donors (Lipinski definition) is 0. The van der Waals surface area contributed by atoms with E-state index in [-0.39, 0.29) is 0 Å². The molecule has 2 aromatic heterocycles. The molecule has 0 aromatic carbocycles. The van der Waals surface area contributed by atoms with Gasteiger partial charge in [0.05, 0.1) is 11.9 Å². The quantitative estimate of drug-likeness (QED) is 0.752. The Kier molecular flexibility index (Phi) is 5.31. The lowest BCUT2D eigenvalue weighted by atomic mass is 10.00. The second kappa shape index (κ2) is 7.81. The lowest BCUT2D eigenvalue weighted by Gasteiger charge is -2.09. The Morgan fingerprint density at radius 2 is 1.88 bits per heavy atom. The number of allylic oxidation sites excluding steroid dienone is 8. The number of unbranched alkanes of at least 4 members (excludes halogenated alkanes) is 1. The molecule has 0 saturated carbocycles. The molecular weight excluding hydrogens is 298 g/mol. The fraction of sp³-hybridized carbons (Fsp3) is 0.368. The first-order chi connectivity index (χ1) is 11.7. The topological polar surface area (TPSA) is 56.0 Å². The number of fused-ring (bicyclic) bond motifs is 1. The Bertz CT molecular complexity index is 810. The van der Waals surface area contributed by atoms with E-state index in [0.29, 0.717) is 11.7 Å². The van der Waals surface area contributed by atoms with Crippen molar-refractivity contribution >= 4 is 5.78 Å². The highest BCUT2D eigenvalue weighted by molar-refractivity contribution is 5.30. The van der Waals surface area contributed by atoms with Crippen molar-refractivity contribution in [2.45, 2.75) is 45.4 Å². The van der Waals surface area contributed by atoms with Crippen molar-refractivity contribution < 1.29 is 0 Å². The van der Waals surface area contributed by atoms with Crippen molar-refractivity contribution in [1.29, 1.82) is 0 Å². The van der Waals surface area contributed by atoms with E-state index in [1.807, 2.05) is 13.0 Å². The first kappa shape index (κ1) is 16.3. The zero-order valence-corrected chi connectivity index (χ0v) is 14.3. The van der Waals surface area contributed by atoms with Gasteiger partial charge in [-0.2, -0.15) is 9.61 Å². The predicted octanol–water partition coefficient (Wildman–Crippen LogP) is 4.10.